The summed E-state index contributed by atoms with van der Waals surface area (Å²) in [5.41, 5.74) is -2.84. The van der Waals surface area contributed by atoms with Crippen LogP contribution in [0.1, 0.15) is 168 Å². The molecule has 1 spiro atoms. The van der Waals surface area contributed by atoms with Crippen LogP contribution in [0.15, 0.2) is 18.2 Å². The molecule has 5 aliphatic rings. The molecule has 1 aromatic rings. The number of halogens is 6. The molecule has 5 fully saturated rings. The molecule has 2 saturated carbocycles. The van der Waals surface area contributed by atoms with Crippen LogP contribution in [0.3, 0.4) is 0 Å². The lowest BCUT2D eigenvalue weighted by atomic mass is 9.84. The van der Waals surface area contributed by atoms with Crippen molar-refractivity contribution in [1.82, 2.24) is 64.9 Å². The van der Waals surface area contributed by atoms with Crippen molar-refractivity contribution < 1.29 is 84.3 Å². The van der Waals surface area contributed by atoms with Crippen LogP contribution in [0, 0.1) is 17.8 Å². The Bertz CT molecular complexity index is 3280. The van der Waals surface area contributed by atoms with E-state index < -0.39 is 224 Å². The van der Waals surface area contributed by atoms with Gasteiger partial charge in [0.05, 0.1) is 43.1 Å². The van der Waals surface area contributed by atoms with Crippen molar-refractivity contribution in [3.8, 4) is 0 Å². The summed E-state index contributed by atoms with van der Waals surface area (Å²) in [5, 5.41) is 7.57. The van der Waals surface area contributed by atoms with Gasteiger partial charge in [-0.15, -0.1) is 0 Å². The lowest BCUT2D eigenvalue weighted by molar-refractivity contribution is -0.156. The van der Waals surface area contributed by atoms with Gasteiger partial charge in [0, 0.05) is 95.4 Å². The minimum Gasteiger partial charge on any atom is -0.343 e. The minimum absolute atomic E-state index is 0.0370. The van der Waals surface area contributed by atoms with Gasteiger partial charge >= 0.3 is 6.18 Å². The Balaban J connectivity index is 1.47. The lowest BCUT2D eigenvalue weighted by Crippen LogP contribution is -2.65. The third-order valence-electron chi connectivity index (χ3n) is 21.9. The Hall–Kier alpha value is -7.73. The summed E-state index contributed by atoms with van der Waals surface area (Å²) in [7, 11) is 10.5. The maximum atomic E-state index is 15.6. The normalized spacial score (nSPS) is 26.2. The van der Waals surface area contributed by atoms with Gasteiger partial charge in [-0.05, 0) is 93.7 Å². The first kappa shape index (κ1) is 85.2. The monoisotopic (exact) mass is 1490 g/mol. The second-order valence-electron chi connectivity index (χ2n) is 29.8. The second-order valence-corrected chi connectivity index (χ2v) is 30.2. The van der Waals surface area contributed by atoms with Crippen LogP contribution < -0.4 is 16.0 Å². The zero-order chi connectivity index (χ0) is 77.6. The molecule has 0 radical (unpaired) electrons. The van der Waals surface area contributed by atoms with Gasteiger partial charge in [0.25, 0.3) is 5.92 Å². The maximum Gasteiger partial charge on any atom is 0.417 e. The summed E-state index contributed by atoms with van der Waals surface area (Å²) in [5.74, 6) is -14.8. The summed E-state index contributed by atoms with van der Waals surface area (Å²) in [4.78, 5) is 204. The SMILES string of the molecule is CC[C@H](C)[C@@H]1NC(=O)[C@H](C)N(C)C(=O)C[C@@H](C(=O)N2CCCCC2)N(C)C(=O)[C@H](C(C)C)N(C)C(=O)C2(CCCC2)NC(=O)[C@@H](CC(=O)N2CCC(F)(F)CC2)N(C)C(=O)[C@H](CCc2ccc(C(F)(F)F)c(Cl)c2)NC(=O)CN(C)C(=O)[C@H](CC2CCCCC2)N(C)C(=O)CN(C)C(=O)CN(C)C1=O. The van der Waals surface area contributed by atoms with E-state index in [1.807, 2.05) is 0 Å². The van der Waals surface area contributed by atoms with E-state index in [9.17, 15) is 65.1 Å². The molecule has 1 aromatic carbocycles. The zero-order valence-electron chi connectivity index (χ0n) is 62.6. The number of carbonyl (C=O) groups is 13. The number of hydrogen-bond acceptors (Lipinski definition) is 13. The highest BCUT2D eigenvalue weighted by Gasteiger charge is 2.51. The van der Waals surface area contributed by atoms with Gasteiger partial charge in [-0.3, -0.25) is 62.3 Å². The highest BCUT2D eigenvalue weighted by molar-refractivity contribution is 6.31. The van der Waals surface area contributed by atoms with Gasteiger partial charge in [-0.2, -0.15) is 13.2 Å². The summed E-state index contributed by atoms with van der Waals surface area (Å²) in [6.45, 7) is 6.04. The van der Waals surface area contributed by atoms with Gasteiger partial charge in [0.2, 0.25) is 76.8 Å². The number of amides is 13. The van der Waals surface area contributed by atoms with E-state index in [1.54, 1.807) is 32.6 Å². The van der Waals surface area contributed by atoms with Crippen LogP contribution >= 0.6 is 11.6 Å². The molecule has 3 aliphatic heterocycles. The van der Waals surface area contributed by atoms with Gasteiger partial charge in [-0.1, -0.05) is 96.7 Å². The Labute approximate surface area is 612 Å². The first-order valence-corrected chi connectivity index (χ1v) is 36.8. The minimum atomic E-state index is -4.84. The first-order valence-electron chi connectivity index (χ1n) is 36.4. The Morgan fingerprint density at radius 1 is 0.615 bits per heavy atom. The summed E-state index contributed by atoms with van der Waals surface area (Å²) in [6, 6.07) is -7.35. The Kier molecular flexibility index (Phi) is 30.3. The summed E-state index contributed by atoms with van der Waals surface area (Å²) >= 11 is 6.15. The number of hydrogen-bond donors (Lipinski definition) is 3. The van der Waals surface area contributed by atoms with Crippen molar-refractivity contribution in [2.75, 3.05) is 102 Å². The van der Waals surface area contributed by atoms with Gasteiger partial charge in [0.1, 0.15) is 47.8 Å². The quantitative estimate of drug-likeness (QED) is 0.247. The number of piperidine rings is 2. The van der Waals surface area contributed by atoms with Crippen LogP contribution in [0.5, 0.6) is 0 Å². The third kappa shape index (κ3) is 21.7. The molecular weight excluding hydrogens is 1390 g/mol. The van der Waals surface area contributed by atoms with Crippen molar-refractivity contribution in [3.05, 3.63) is 34.3 Å². The standard InChI is InChI=1S/C72H109ClF5N13O13/c1-14-45(4)60-67(102)84(8)42-58(95)82(6)43-59(96)86(10)53(38-47-23-17-15-18-24-47)65(100)83(7)41-55(92)79-51(28-26-48-25-27-49(50(73)37-48)72(76,77)78)64(99)87(11)52(39-57(94)90-35-31-71(74,75)32-36-90)63(98)81-70(29-19-20-30-70)69(104)89(13)61(44(2)3)68(103)88(12)54(66(101)91-33-21-16-22-34-91)40-56(93)85(9)46(5)62(97)80-60/h25,27,37,44-47,51-54,60-61H,14-24,26,28-36,38-43H2,1-13H3,(H,79,92)(H,80,97)(H,81,98)/t45-,46-,51-,52+,53-,54-,60-,61-/m0/s1. The topological polar surface area (TPSA) is 290 Å². The second kappa shape index (κ2) is 37.0. The molecule has 8 atom stereocenters. The predicted octanol–water partition coefficient (Wildman–Crippen LogP) is 4.96. The highest BCUT2D eigenvalue weighted by Crippen LogP contribution is 2.37. The largest absolute Gasteiger partial charge is 0.417 e. The van der Waals surface area contributed by atoms with Crippen molar-refractivity contribution >= 4 is 88.4 Å². The van der Waals surface area contributed by atoms with Crippen molar-refractivity contribution in [2.24, 2.45) is 17.8 Å². The molecule has 3 heterocycles. The number of alkyl halides is 5. The number of rotatable bonds is 11. The number of aryl methyl sites for hydroxylation is 1. The lowest BCUT2D eigenvalue weighted by Gasteiger charge is -2.42. The fourth-order valence-electron chi connectivity index (χ4n) is 14.6. The number of carbonyl (C=O) groups excluding carboxylic acids is 13. The van der Waals surface area contributed by atoms with Gasteiger partial charge < -0.3 is 64.9 Å². The van der Waals surface area contributed by atoms with Crippen LogP contribution in [-0.4, -0.2) is 282 Å². The molecule has 104 heavy (non-hydrogen) atoms. The molecule has 3 N–H and O–H groups in total. The molecule has 2 aliphatic carbocycles. The van der Waals surface area contributed by atoms with Crippen molar-refractivity contribution in [1.29, 1.82) is 0 Å². The summed E-state index contributed by atoms with van der Waals surface area (Å²) < 4.78 is 71.1. The van der Waals surface area contributed by atoms with E-state index in [-0.39, 0.29) is 37.2 Å². The molecule has 6 rings (SSSR count). The van der Waals surface area contributed by atoms with E-state index >= 15 is 19.2 Å². The van der Waals surface area contributed by atoms with E-state index in [2.05, 4.69) is 16.0 Å². The molecule has 0 aromatic heterocycles. The molecular formula is C72H109ClF5N13O13. The zero-order valence-corrected chi connectivity index (χ0v) is 63.4. The summed E-state index contributed by atoms with van der Waals surface area (Å²) in [6.07, 6.45) is -1.18. The van der Waals surface area contributed by atoms with Gasteiger partial charge in [-0.25, -0.2) is 8.78 Å². The fourth-order valence-corrected chi connectivity index (χ4v) is 15.0. The average Bonchev–Trinajstić information content (AvgIpc) is 1.73. The van der Waals surface area contributed by atoms with E-state index in [0.717, 1.165) is 90.1 Å². The number of likely N-dealkylation sites (N-methyl/N-ethyl adjacent to an activating group) is 8. The highest BCUT2D eigenvalue weighted by atomic mass is 35.5. The van der Waals surface area contributed by atoms with E-state index in [1.165, 1.54) is 61.2 Å². The van der Waals surface area contributed by atoms with Crippen LogP contribution in [-0.2, 0) is 74.9 Å². The predicted molar refractivity (Wildman–Crippen MR) is 375 cm³/mol. The van der Waals surface area contributed by atoms with E-state index in [0.29, 0.717) is 58.0 Å². The molecule has 582 valence electrons. The van der Waals surface area contributed by atoms with Crippen LogP contribution in [0.25, 0.3) is 0 Å². The molecule has 0 bridgehead atoms. The third-order valence-corrected chi connectivity index (χ3v) is 22.2. The molecule has 13 amide bonds. The number of nitrogens with one attached hydrogen (secondary N) is 3. The van der Waals surface area contributed by atoms with E-state index in [4.69, 9.17) is 11.6 Å². The number of benzene rings is 1. The molecule has 0 unspecified atom stereocenters. The van der Waals surface area contributed by atoms with Gasteiger partial charge in [0.15, 0.2) is 0 Å². The van der Waals surface area contributed by atoms with Crippen molar-refractivity contribution in [3.63, 3.8) is 0 Å². The smallest absolute Gasteiger partial charge is 0.343 e. The average molecular weight is 1500 g/mol. The fraction of sp³-hybridized carbons (Fsp3) is 0.736. The van der Waals surface area contributed by atoms with Crippen molar-refractivity contribution in [2.45, 2.75) is 223 Å². The molecule has 32 heteroatoms. The Morgan fingerprint density at radius 2 is 1.20 bits per heavy atom. The maximum absolute atomic E-state index is 15.6. The van der Waals surface area contributed by atoms with Crippen LogP contribution in [0.4, 0.5) is 22.0 Å². The Morgan fingerprint density at radius 3 is 1.78 bits per heavy atom. The molecule has 3 saturated heterocycles. The number of nitrogens with zero attached hydrogens (tertiary/aromatic N) is 10. The van der Waals surface area contributed by atoms with Crippen LogP contribution in [0.2, 0.25) is 5.02 Å². The first-order chi connectivity index (χ1) is 48.6. The number of likely N-dealkylation sites (tertiary alicyclic amines) is 2. The molecule has 26 nitrogen and oxygen atoms in total.